The third-order valence-corrected chi connectivity index (χ3v) is 4.97. The van der Waals surface area contributed by atoms with Gasteiger partial charge < -0.3 is 10.5 Å². The second kappa shape index (κ2) is 5.56. The maximum Gasteiger partial charge on any atom is 0.124 e. The number of hydrogen-bond acceptors (Lipinski definition) is 3. The van der Waals surface area contributed by atoms with Crippen molar-refractivity contribution in [2.24, 2.45) is 5.73 Å². The maximum absolute atomic E-state index is 6.44. The average molecular weight is 348 g/mol. The zero-order valence-electron chi connectivity index (χ0n) is 11.0. The van der Waals surface area contributed by atoms with Crippen LogP contribution in [0.4, 0.5) is 0 Å². The molecule has 0 aliphatic rings. The molecule has 1 heterocycles. The lowest BCUT2D eigenvalue weighted by Gasteiger charge is -2.14. The zero-order valence-corrected chi connectivity index (χ0v) is 13.4. The van der Waals surface area contributed by atoms with Gasteiger partial charge in [-0.2, -0.15) is 0 Å². The topological polar surface area (TPSA) is 35.2 Å². The summed E-state index contributed by atoms with van der Waals surface area (Å²) in [4.78, 5) is 1.14. The summed E-state index contributed by atoms with van der Waals surface area (Å²) in [5, 5.41) is 1.23. The molecule has 0 aliphatic heterocycles. The second-order valence-corrected chi connectivity index (χ2v) is 6.58. The molecule has 1 aromatic heterocycles. The van der Waals surface area contributed by atoms with Crippen LogP contribution in [0.3, 0.4) is 0 Å². The van der Waals surface area contributed by atoms with Gasteiger partial charge in [-0.05, 0) is 35.7 Å². The molecule has 0 spiro atoms. The molecular formula is C16H14BrNOS. The van der Waals surface area contributed by atoms with Crippen LogP contribution in [0.2, 0.25) is 0 Å². The van der Waals surface area contributed by atoms with Crippen LogP contribution in [0.5, 0.6) is 5.75 Å². The minimum atomic E-state index is -0.181. The average Bonchev–Trinajstić information content (AvgIpc) is 2.90. The van der Waals surface area contributed by atoms with E-state index >= 15 is 0 Å². The van der Waals surface area contributed by atoms with E-state index in [9.17, 15) is 0 Å². The van der Waals surface area contributed by atoms with Gasteiger partial charge in [-0.25, -0.2) is 0 Å². The van der Waals surface area contributed by atoms with Crippen molar-refractivity contribution in [3.63, 3.8) is 0 Å². The van der Waals surface area contributed by atoms with E-state index in [2.05, 4.69) is 34.1 Å². The molecule has 20 heavy (non-hydrogen) atoms. The minimum absolute atomic E-state index is 0.181. The van der Waals surface area contributed by atoms with Crippen molar-refractivity contribution >= 4 is 37.4 Å². The zero-order chi connectivity index (χ0) is 14.1. The highest BCUT2D eigenvalue weighted by Gasteiger charge is 2.16. The lowest BCUT2D eigenvalue weighted by molar-refractivity contribution is 0.408. The molecular weight excluding hydrogens is 334 g/mol. The fourth-order valence-electron chi connectivity index (χ4n) is 2.26. The number of rotatable bonds is 3. The van der Waals surface area contributed by atoms with Crippen molar-refractivity contribution < 1.29 is 4.74 Å². The molecule has 0 bridgehead atoms. The molecule has 0 fully saturated rings. The largest absolute Gasteiger partial charge is 0.496 e. The molecule has 102 valence electrons. The summed E-state index contributed by atoms with van der Waals surface area (Å²) in [6.07, 6.45) is 0. The predicted octanol–water partition coefficient (Wildman–Crippen LogP) is 4.72. The van der Waals surface area contributed by atoms with Gasteiger partial charge in [0.2, 0.25) is 0 Å². The van der Waals surface area contributed by atoms with Crippen LogP contribution in [-0.4, -0.2) is 7.11 Å². The predicted molar refractivity (Wildman–Crippen MR) is 88.5 cm³/mol. The Kier molecular flexibility index (Phi) is 3.78. The van der Waals surface area contributed by atoms with Crippen LogP contribution in [0.1, 0.15) is 16.5 Å². The van der Waals surface area contributed by atoms with Crippen molar-refractivity contribution in [3.05, 3.63) is 63.4 Å². The van der Waals surface area contributed by atoms with E-state index < -0.39 is 0 Å². The number of halogens is 1. The van der Waals surface area contributed by atoms with Crippen LogP contribution in [-0.2, 0) is 0 Å². The van der Waals surface area contributed by atoms with Gasteiger partial charge in [-0.15, -0.1) is 11.3 Å². The summed E-state index contributed by atoms with van der Waals surface area (Å²) in [6, 6.07) is 16.2. The molecule has 1 unspecified atom stereocenters. The fourth-order valence-corrected chi connectivity index (χ4v) is 3.72. The minimum Gasteiger partial charge on any atom is -0.496 e. The Hall–Kier alpha value is -1.36. The van der Waals surface area contributed by atoms with Crippen molar-refractivity contribution in [1.82, 2.24) is 0 Å². The van der Waals surface area contributed by atoms with E-state index in [1.165, 1.54) is 10.1 Å². The quantitative estimate of drug-likeness (QED) is 0.743. The van der Waals surface area contributed by atoms with Gasteiger partial charge in [0.05, 0.1) is 13.2 Å². The van der Waals surface area contributed by atoms with E-state index in [0.717, 1.165) is 20.7 Å². The normalized spacial score (nSPS) is 12.6. The Balaban J connectivity index is 2.07. The van der Waals surface area contributed by atoms with E-state index in [-0.39, 0.29) is 6.04 Å². The highest BCUT2D eigenvalue weighted by Crippen LogP contribution is 2.36. The smallest absolute Gasteiger partial charge is 0.124 e. The molecule has 3 aromatic rings. The first-order valence-electron chi connectivity index (χ1n) is 6.26. The Bertz CT molecular complexity index is 720. The van der Waals surface area contributed by atoms with Crippen LogP contribution < -0.4 is 10.5 Å². The monoisotopic (exact) mass is 347 g/mol. The molecule has 0 radical (unpaired) electrons. The number of hydrogen-bond donors (Lipinski definition) is 1. The fraction of sp³-hybridized carbons (Fsp3) is 0.125. The second-order valence-electron chi connectivity index (χ2n) is 4.55. The number of ether oxygens (including phenoxy) is 1. The van der Waals surface area contributed by atoms with Crippen LogP contribution in [0, 0.1) is 0 Å². The van der Waals surface area contributed by atoms with Crippen molar-refractivity contribution in [2.75, 3.05) is 7.11 Å². The van der Waals surface area contributed by atoms with Crippen LogP contribution >= 0.6 is 27.3 Å². The summed E-state index contributed by atoms with van der Waals surface area (Å²) in [6.45, 7) is 0. The molecule has 2 aromatic carbocycles. The van der Waals surface area contributed by atoms with Crippen molar-refractivity contribution in [1.29, 1.82) is 0 Å². The molecule has 4 heteroatoms. The number of thiophene rings is 1. The Morgan fingerprint density at radius 1 is 1.15 bits per heavy atom. The molecule has 0 amide bonds. The van der Waals surface area contributed by atoms with Gasteiger partial charge in [0.15, 0.2) is 0 Å². The third-order valence-electron chi connectivity index (χ3n) is 3.28. The highest BCUT2D eigenvalue weighted by molar-refractivity contribution is 9.10. The molecule has 2 nitrogen and oxygen atoms in total. The first kappa shape index (κ1) is 13.6. The van der Waals surface area contributed by atoms with Gasteiger partial charge in [0, 0.05) is 19.6 Å². The lowest BCUT2D eigenvalue weighted by atomic mass is 10.0. The van der Waals surface area contributed by atoms with Gasteiger partial charge in [-0.1, -0.05) is 34.1 Å². The highest BCUT2D eigenvalue weighted by atomic mass is 79.9. The molecule has 1 atom stereocenters. The van der Waals surface area contributed by atoms with Gasteiger partial charge in [0.25, 0.3) is 0 Å². The summed E-state index contributed by atoms with van der Waals surface area (Å²) < 4.78 is 7.68. The Labute approximate surface area is 130 Å². The maximum atomic E-state index is 6.44. The van der Waals surface area contributed by atoms with E-state index in [0.29, 0.717) is 0 Å². The third kappa shape index (κ3) is 2.46. The first-order valence-corrected chi connectivity index (χ1v) is 7.87. The summed E-state index contributed by atoms with van der Waals surface area (Å²) in [5.74, 6) is 0.818. The summed E-state index contributed by atoms with van der Waals surface area (Å²) >= 11 is 5.22. The van der Waals surface area contributed by atoms with Gasteiger partial charge in [0.1, 0.15) is 5.75 Å². The van der Waals surface area contributed by atoms with E-state index in [1.54, 1.807) is 18.4 Å². The first-order chi connectivity index (χ1) is 9.69. The van der Waals surface area contributed by atoms with Gasteiger partial charge >= 0.3 is 0 Å². The lowest BCUT2D eigenvalue weighted by Crippen LogP contribution is -2.11. The molecule has 2 N–H and O–H groups in total. The summed E-state index contributed by atoms with van der Waals surface area (Å²) in [5.41, 5.74) is 7.43. The van der Waals surface area contributed by atoms with Crippen LogP contribution in [0.15, 0.2) is 53.0 Å². The van der Waals surface area contributed by atoms with Crippen molar-refractivity contribution in [3.8, 4) is 5.75 Å². The van der Waals surface area contributed by atoms with Crippen LogP contribution in [0.25, 0.3) is 10.1 Å². The number of nitrogens with two attached hydrogens (primary N) is 1. The standard InChI is InChI=1S/C16H14BrNOS/c1-19-13-7-6-11(17)9-12(13)16(18)15-8-10-4-2-3-5-14(10)20-15/h2-9,16H,18H2,1H3. The SMILES string of the molecule is COc1ccc(Br)cc1C(N)c1cc2ccccc2s1. The van der Waals surface area contributed by atoms with E-state index in [1.807, 2.05) is 30.3 Å². The molecule has 0 saturated heterocycles. The molecule has 0 aliphatic carbocycles. The van der Waals surface area contributed by atoms with E-state index in [4.69, 9.17) is 10.5 Å². The Morgan fingerprint density at radius 3 is 2.70 bits per heavy atom. The number of benzene rings is 2. The molecule has 3 rings (SSSR count). The number of methoxy groups -OCH3 is 1. The number of fused-ring (bicyclic) bond motifs is 1. The molecule has 0 saturated carbocycles. The van der Waals surface area contributed by atoms with Crippen molar-refractivity contribution in [2.45, 2.75) is 6.04 Å². The Morgan fingerprint density at radius 2 is 1.95 bits per heavy atom. The van der Waals surface area contributed by atoms with Gasteiger partial charge in [-0.3, -0.25) is 0 Å². The summed E-state index contributed by atoms with van der Waals surface area (Å²) in [7, 11) is 1.67.